The molecule has 0 radical (unpaired) electrons. The Morgan fingerprint density at radius 2 is 0.516 bits per heavy atom. The van der Waals surface area contributed by atoms with E-state index >= 15 is 0 Å². The summed E-state index contributed by atoms with van der Waals surface area (Å²) in [5.74, 6) is 1.46. The molecule has 22 rings (SSSR count). The van der Waals surface area contributed by atoms with Crippen LogP contribution < -0.4 is 0 Å². The molecule has 0 aliphatic rings. The van der Waals surface area contributed by atoms with Crippen molar-refractivity contribution in [3.8, 4) is 179 Å². The summed E-state index contributed by atoms with van der Waals surface area (Å²) < 4.78 is 41.2. The van der Waals surface area contributed by atoms with Crippen molar-refractivity contribution in [2.75, 3.05) is 0 Å². The Hall–Kier alpha value is -17.0. The van der Waals surface area contributed by atoms with Crippen LogP contribution in [0.4, 0.5) is 0 Å². The van der Waals surface area contributed by atoms with E-state index in [2.05, 4.69) is 311 Å². The molecule has 0 fully saturated rings. The van der Waals surface area contributed by atoms with Crippen LogP contribution >= 0.6 is 0 Å². The standard InChI is InChI=1S/C47H31N3.C37H25N3.C33H23N3/c1-2-9-40-29-41(27-18-32(40)7-1)33-14-21-37(22-15-33)45-30-46(38-23-16-34(17-24-38)42-11-6-28-48-31-42)50-47(49-45)39-25-19-36(20-26-39)44-13-5-10-35-8-3-4-12-43(35)44;1-2-9-26(10-3-1)29-13-7-16-32(22-29)36-35(31-15-6-14-30(21-31)34-17-8-20-38-24-34)25-39-37(40-36)33-19-18-27-11-4-5-12-28(27)23-33;1-3-10-24(11-4-1)26-14-8-17-29(21-26)32-31(23-35-33(36-32)25-12-5-2-6-13-25)28-16-7-15-27(20-28)30-18-9-19-34-22-30/h1-31H;1-25H;1-23H/i;;2D,5D,6D,12D,13D. The Bertz CT molecular complexity index is 7900. The van der Waals surface area contributed by atoms with E-state index in [1.165, 1.54) is 54.6 Å². The van der Waals surface area contributed by atoms with Gasteiger partial charge in [0.15, 0.2) is 17.5 Å². The predicted octanol–water partition coefficient (Wildman–Crippen LogP) is 29.7. The molecule has 0 unspecified atom stereocenters. The molecule has 22 aromatic rings. The van der Waals surface area contributed by atoms with Crippen LogP contribution in [0.2, 0.25) is 0 Å². The quantitative estimate of drug-likeness (QED) is 0.0932. The first-order chi connectivity index (χ1) is 64.5. The van der Waals surface area contributed by atoms with E-state index in [-0.39, 0.29) is 23.5 Å². The number of rotatable bonds is 16. The van der Waals surface area contributed by atoms with Gasteiger partial charge in [0, 0.05) is 111 Å². The second kappa shape index (κ2) is 36.1. The number of pyridine rings is 3. The monoisotopic (exact) mass is 1610 g/mol. The highest BCUT2D eigenvalue weighted by Gasteiger charge is 2.20. The van der Waals surface area contributed by atoms with Crippen LogP contribution in [0.1, 0.15) is 6.85 Å². The van der Waals surface area contributed by atoms with Crippen molar-refractivity contribution in [2.45, 2.75) is 0 Å². The second-order valence-corrected chi connectivity index (χ2v) is 30.5. The van der Waals surface area contributed by atoms with Crippen molar-refractivity contribution >= 4 is 32.3 Å². The van der Waals surface area contributed by atoms with Crippen LogP contribution in [0, 0.1) is 0 Å². The van der Waals surface area contributed by atoms with E-state index in [1.807, 2.05) is 128 Å². The first kappa shape index (κ1) is 71.9. The molecule has 0 bridgehead atoms. The molecule has 0 spiro atoms. The van der Waals surface area contributed by atoms with Gasteiger partial charge in [-0.2, -0.15) is 0 Å². The van der Waals surface area contributed by atoms with E-state index in [1.54, 1.807) is 31.0 Å². The van der Waals surface area contributed by atoms with Gasteiger partial charge in [0.05, 0.1) is 29.6 Å². The minimum Gasteiger partial charge on any atom is -0.264 e. The summed E-state index contributed by atoms with van der Waals surface area (Å²) in [7, 11) is 0. The molecule has 592 valence electrons. The van der Waals surface area contributed by atoms with Gasteiger partial charge in [0.2, 0.25) is 0 Å². The van der Waals surface area contributed by atoms with E-state index < -0.39 is 18.1 Å². The van der Waals surface area contributed by atoms with Gasteiger partial charge in [-0.3, -0.25) is 15.0 Å². The van der Waals surface area contributed by atoms with Crippen molar-refractivity contribution in [1.82, 2.24) is 44.9 Å². The molecule has 126 heavy (non-hydrogen) atoms. The Morgan fingerprint density at radius 1 is 0.175 bits per heavy atom. The number of hydrogen-bond acceptors (Lipinski definition) is 9. The van der Waals surface area contributed by atoms with Gasteiger partial charge >= 0.3 is 0 Å². The van der Waals surface area contributed by atoms with Crippen LogP contribution in [-0.2, 0) is 0 Å². The highest BCUT2D eigenvalue weighted by atomic mass is 14.9. The Labute approximate surface area is 739 Å². The molecule has 0 aliphatic heterocycles. The average Bonchev–Trinajstić information content (AvgIpc) is 0.790. The van der Waals surface area contributed by atoms with Gasteiger partial charge in [0.1, 0.15) is 0 Å². The molecule has 0 amide bonds. The third kappa shape index (κ3) is 17.2. The number of aromatic nitrogens is 9. The van der Waals surface area contributed by atoms with E-state index in [4.69, 9.17) is 31.8 Å². The van der Waals surface area contributed by atoms with Gasteiger partial charge in [0.25, 0.3) is 0 Å². The fraction of sp³-hybridized carbons (Fsp3) is 0. The van der Waals surface area contributed by atoms with Crippen molar-refractivity contribution in [2.24, 2.45) is 0 Å². The molecule has 0 aliphatic carbocycles. The summed E-state index contributed by atoms with van der Waals surface area (Å²) >= 11 is 0. The Kier molecular flexibility index (Phi) is 20.6. The maximum Gasteiger partial charge on any atom is 0.160 e. The highest BCUT2D eigenvalue weighted by molar-refractivity contribution is 5.98. The molecule has 6 heterocycles. The zero-order valence-corrected chi connectivity index (χ0v) is 68.2. The molecule has 9 nitrogen and oxygen atoms in total. The largest absolute Gasteiger partial charge is 0.264 e. The maximum atomic E-state index is 8.48. The van der Waals surface area contributed by atoms with Crippen LogP contribution in [0.25, 0.3) is 212 Å². The summed E-state index contributed by atoms with van der Waals surface area (Å²) in [6.07, 6.45) is 14.5. The normalized spacial score (nSPS) is 11.6. The van der Waals surface area contributed by atoms with Crippen molar-refractivity contribution in [3.63, 3.8) is 0 Å². The number of hydrogen-bond donors (Lipinski definition) is 0. The number of nitrogens with zero attached hydrogens (tertiary/aromatic N) is 9. The third-order valence-electron chi connectivity index (χ3n) is 22.5. The maximum absolute atomic E-state index is 8.48. The van der Waals surface area contributed by atoms with Crippen molar-refractivity contribution in [1.29, 1.82) is 0 Å². The zero-order valence-electron chi connectivity index (χ0n) is 73.2. The van der Waals surface area contributed by atoms with E-state index in [0.29, 0.717) is 17.3 Å². The zero-order chi connectivity index (χ0) is 88.5. The highest BCUT2D eigenvalue weighted by Crippen LogP contribution is 2.41. The minimum atomic E-state index is -0.455. The molecular weight excluding hydrogens is 1530 g/mol. The van der Waals surface area contributed by atoms with Crippen LogP contribution in [0.5, 0.6) is 0 Å². The summed E-state index contributed by atoms with van der Waals surface area (Å²) in [5, 5.41) is 7.32. The summed E-state index contributed by atoms with van der Waals surface area (Å²) in [5.41, 5.74) is 28.2. The van der Waals surface area contributed by atoms with Gasteiger partial charge in [-0.1, -0.05) is 370 Å². The molecule has 0 N–H and O–H groups in total. The van der Waals surface area contributed by atoms with E-state index in [0.717, 1.165) is 128 Å². The lowest BCUT2D eigenvalue weighted by Gasteiger charge is -2.14. The minimum absolute atomic E-state index is 0.0351. The van der Waals surface area contributed by atoms with Crippen LogP contribution in [0.15, 0.2) is 480 Å². The van der Waals surface area contributed by atoms with Gasteiger partial charge in [-0.15, -0.1) is 0 Å². The van der Waals surface area contributed by atoms with Crippen molar-refractivity contribution in [3.05, 3.63) is 480 Å². The Morgan fingerprint density at radius 3 is 1.02 bits per heavy atom. The topological polar surface area (TPSA) is 116 Å². The molecule has 6 aromatic heterocycles. The average molecular weight is 1620 g/mol. The van der Waals surface area contributed by atoms with Crippen LogP contribution in [0.3, 0.4) is 0 Å². The second-order valence-electron chi connectivity index (χ2n) is 30.5. The van der Waals surface area contributed by atoms with Gasteiger partial charge < -0.3 is 0 Å². The first-order valence-corrected chi connectivity index (χ1v) is 41.7. The molecule has 16 aromatic carbocycles. The first-order valence-electron chi connectivity index (χ1n) is 44.2. The summed E-state index contributed by atoms with van der Waals surface area (Å²) in [6, 6.07) is 136. The number of fused-ring (bicyclic) bond motifs is 3. The van der Waals surface area contributed by atoms with E-state index in [9.17, 15) is 0 Å². The lowest BCUT2D eigenvalue weighted by molar-refractivity contribution is 1.18. The summed E-state index contributed by atoms with van der Waals surface area (Å²) in [6.45, 7) is 0. The lowest BCUT2D eigenvalue weighted by Crippen LogP contribution is -1.97. The lowest BCUT2D eigenvalue weighted by atomic mass is 9.95. The fourth-order valence-corrected chi connectivity index (χ4v) is 16.0. The summed E-state index contributed by atoms with van der Waals surface area (Å²) in [4.78, 5) is 42.6. The molecule has 0 saturated heterocycles. The van der Waals surface area contributed by atoms with Gasteiger partial charge in [-0.05, 0) is 171 Å². The predicted molar refractivity (Wildman–Crippen MR) is 519 cm³/mol. The molecule has 9 heteroatoms. The smallest absolute Gasteiger partial charge is 0.160 e. The third-order valence-corrected chi connectivity index (χ3v) is 22.5. The van der Waals surface area contributed by atoms with Crippen LogP contribution in [-0.4, -0.2) is 44.9 Å². The molecule has 0 saturated carbocycles. The van der Waals surface area contributed by atoms with Crippen molar-refractivity contribution < 1.29 is 6.85 Å². The Balaban J connectivity index is 0.000000124. The molecular formula is C117H79N9. The molecule has 0 atom stereocenters. The van der Waals surface area contributed by atoms with Gasteiger partial charge in [-0.25, -0.2) is 29.9 Å². The SMILES string of the molecule is [2H]c1c([2H])c([2H])c(-c2ncc(-c3cccc(-c4cccnc4)c3)c(-c3cccc(-c4ccccc4)c3)n2)c([2H])c1[2H].c1ccc(-c2cccc(-c3nc(-c4ccc5ccccc5c4)ncc3-c3cccc(-c4cccnc4)c3)c2)cc1.c1cncc(-c2ccc(-c3cc(-c4ccc(-c5ccc6ccccc6c5)cc4)nc(-c4ccc(-c5cccc6ccccc56)cc4)n3)cc2)c1. The fourth-order valence-electron chi connectivity index (χ4n) is 16.0. The number of benzene rings is 16.